The molecular weight excluding hydrogens is 281 g/mol. The van der Waals surface area contributed by atoms with Crippen molar-refractivity contribution in [1.29, 1.82) is 0 Å². The van der Waals surface area contributed by atoms with Gasteiger partial charge in [-0.2, -0.15) is 0 Å². The third-order valence-corrected chi connectivity index (χ3v) is 3.84. The van der Waals surface area contributed by atoms with E-state index < -0.39 is 24.8 Å². The van der Waals surface area contributed by atoms with Crippen LogP contribution in [0.25, 0.3) is 0 Å². The number of rotatable bonds is 6. The molecule has 18 heavy (non-hydrogen) atoms. The number of nitrogens with one attached hydrogen (secondary N) is 1. The second-order valence-corrected chi connectivity index (χ2v) is 6.11. The van der Waals surface area contributed by atoms with E-state index in [-0.39, 0.29) is 6.42 Å². The summed E-state index contributed by atoms with van der Waals surface area (Å²) in [5.41, 5.74) is 0.729. The molecule has 1 aromatic carbocycles. The summed E-state index contributed by atoms with van der Waals surface area (Å²) < 4.78 is 10.8. The molecule has 0 saturated heterocycles. The van der Waals surface area contributed by atoms with Gasteiger partial charge in [-0.25, -0.2) is 0 Å². The number of benzene rings is 1. The molecule has 0 aromatic heterocycles. The lowest BCUT2D eigenvalue weighted by Crippen LogP contribution is -2.42. The second-order valence-electron chi connectivity index (χ2n) is 3.67. The molecule has 2 atom stereocenters. The number of hydrogen-bond donors (Lipinski definition) is 4. The van der Waals surface area contributed by atoms with Gasteiger partial charge in [-0.1, -0.05) is 41.9 Å². The minimum absolute atomic E-state index is 0.0827. The van der Waals surface area contributed by atoms with Crippen LogP contribution in [-0.4, -0.2) is 32.1 Å². The van der Waals surface area contributed by atoms with Crippen LogP contribution >= 0.6 is 19.2 Å². The van der Waals surface area contributed by atoms with E-state index >= 15 is 0 Å². The molecule has 2 unspecified atom stereocenters. The molecule has 0 radical (unpaired) electrons. The van der Waals surface area contributed by atoms with Gasteiger partial charge in [0.2, 0.25) is 0 Å². The predicted octanol–water partition coefficient (Wildman–Crippen LogP) is 0.972. The Hall–Kier alpha value is -0.910. The third-order valence-electron chi connectivity index (χ3n) is 2.21. The van der Waals surface area contributed by atoms with E-state index in [1.807, 2.05) is 0 Å². The molecule has 6 nitrogen and oxygen atoms in total. The first kappa shape index (κ1) is 15.1. The van der Waals surface area contributed by atoms with Crippen LogP contribution in [0.15, 0.2) is 30.3 Å². The van der Waals surface area contributed by atoms with E-state index in [1.165, 1.54) is 0 Å². The normalized spacial score (nSPS) is 15.1. The molecule has 0 spiro atoms. The highest BCUT2D eigenvalue weighted by Gasteiger charge is 2.31. The van der Waals surface area contributed by atoms with E-state index in [0.717, 1.165) is 5.56 Å². The van der Waals surface area contributed by atoms with Gasteiger partial charge in [-0.05, 0) is 12.0 Å². The van der Waals surface area contributed by atoms with Crippen molar-refractivity contribution in [3.63, 3.8) is 0 Å². The van der Waals surface area contributed by atoms with Crippen molar-refractivity contribution < 1.29 is 24.3 Å². The number of carbonyl (C=O) groups is 1. The van der Waals surface area contributed by atoms with Gasteiger partial charge in [0.25, 0.3) is 0 Å². The van der Waals surface area contributed by atoms with Crippen LogP contribution in [0.4, 0.5) is 0 Å². The molecule has 0 saturated carbocycles. The number of carboxylic acid groups (broad SMARTS) is 1. The lowest BCUT2D eigenvalue weighted by molar-refractivity contribution is -0.139. The Balaban J connectivity index is 2.73. The van der Waals surface area contributed by atoms with Gasteiger partial charge < -0.3 is 14.9 Å². The van der Waals surface area contributed by atoms with Crippen molar-refractivity contribution in [1.82, 2.24) is 5.32 Å². The average molecular weight is 294 g/mol. The van der Waals surface area contributed by atoms with Crippen molar-refractivity contribution in [3.8, 4) is 0 Å². The van der Waals surface area contributed by atoms with Gasteiger partial charge in [0, 0.05) is 0 Å². The molecule has 1 rings (SSSR count). The average Bonchev–Trinajstić information content (AvgIpc) is 2.28. The fraction of sp³-hybridized carbons (Fsp3) is 0.300. The molecule has 0 aliphatic rings. The molecule has 0 aliphatic carbocycles. The molecule has 8 heteroatoms. The summed E-state index contributed by atoms with van der Waals surface area (Å²) in [6.07, 6.45) is 0.0827. The number of carboxylic acids is 1. The molecule has 4 N–H and O–H groups in total. The number of halogens is 1. The van der Waals surface area contributed by atoms with Crippen molar-refractivity contribution in [2.45, 2.75) is 17.7 Å². The van der Waals surface area contributed by atoms with Gasteiger partial charge in [0.15, 0.2) is 5.24 Å². The van der Waals surface area contributed by atoms with E-state index in [4.69, 9.17) is 26.5 Å². The highest BCUT2D eigenvalue weighted by Crippen LogP contribution is 2.42. The minimum atomic E-state index is -4.56. The summed E-state index contributed by atoms with van der Waals surface area (Å²) in [4.78, 5) is 28.6. The maximum Gasteiger partial charge on any atom is 0.357 e. The highest BCUT2D eigenvalue weighted by molar-refractivity contribution is 7.54. The van der Waals surface area contributed by atoms with Gasteiger partial charge >= 0.3 is 13.6 Å². The first-order chi connectivity index (χ1) is 8.30. The molecule has 0 aliphatic heterocycles. The Bertz CT molecular complexity index is 449. The summed E-state index contributed by atoms with van der Waals surface area (Å²) in [5, 5.41) is 9.46. The summed E-state index contributed by atoms with van der Waals surface area (Å²) in [5.74, 6) is -1.22. The van der Waals surface area contributed by atoms with Crippen LogP contribution in [0.5, 0.6) is 0 Å². The minimum Gasteiger partial charge on any atom is -0.480 e. The molecule has 0 fully saturated rings. The Morgan fingerprint density at radius 3 is 2.33 bits per heavy atom. The quantitative estimate of drug-likeness (QED) is 0.354. The third kappa shape index (κ3) is 4.76. The first-order valence-electron chi connectivity index (χ1n) is 5.03. The van der Waals surface area contributed by atoms with Gasteiger partial charge in [-0.15, -0.1) is 0 Å². The lowest BCUT2D eigenvalue weighted by atomic mass is 10.1. The topological polar surface area (TPSA) is 107 Å². The van der Waals surface area contributed by atoms with E-state index in [1.54, 1.807) is 30.3 Å². The summed E-state index contributed by atoms with van der Waals surface area (Å²) >= 11 is 5.42. The maximum absolute atomic E-state index is 11.0. The number of aliphatic carboxylic acids is 1. The van der Waals surface area contributed by atoms with Crippen LogP contribution in [0.1, 0.15) is 5.56 Å². The maximum atomic E-state index is 11.0. The molecule has 0 amide bonds. The molecule has 1 aromatic rings. The van der Waals surface area contributed by atoms with Crippen molar-refractivity contribution in [2.75, 3.05) is 0 Å². The van der Waals surface area contributed by atoms with Crippen molar-refractivity contribution in [3.05, 3.63) is 35.9 Å². The fourth-order valence-corrected chi connectivity index (χ4v) is 1.86. The van der Waals surface area contributed by atoms with Gasteiger partial charge in [0.1, 0.15) is 6.04 Å². The van der Waals surface area contributed by atoms with Gasteiger partial charge in [0.05, 0.1) is 0 Å². The SMILES string of the molecule is O=C(O)C(Cc1ccccc1)NC(Cl)P(=O)(O)O. The van der Waals surface area contributed by atoms with Crippen LogP contribution in [0.2, 0.25) is 0 Å². The van der Waals surface area contributed by atoms with Crippen LogP contribution in [-0.2, 0) is 15.8 Å². The molecular formula is C10H13ClNO5P. The van der Waals surface area contributed by atoms with Crippen LogP contribution < -0.4 is 5.32 Å². The standard InChI is InChI=1S/C10H13ClNO5P/c11-10(18(15,16)17)12-8(9(13)14)6-7-4-2-1-3-5-7/h1-5,8,10,12H,6H2,(H,13,14)(H2,15,16,17). The molecule has 0 heterocycles. The van der Waals surface area contributed by atoms with E-state index in [9.17, 15) is 9.36 Å². The Morgan fingerprint density at radius 2 is 1.89 bits per heavy atom. The lowest BCUT2D eigenvalue weighted by Gasteiger charge is -2.19. The van der Waals surface area contributed by atoms with Crippen molar-refractivity contribution >= 4 is 25.2 Å². The van der Waals surface area contributed by atoms with Crippen molar-refractivity contribution in [2.24, 2.45) is 0 Å². The molecule has 100 valence electrons. The summed E-state index contributed by atoms with van der Waals surface area (Å²) in [6, 6.07) is 7.55. The Labute approximate surface area is 109 Å². The van der Waals surface area contributed by atoms with Crippen LogP contribution in [0.3, 0.4) is 0 Å². The Kier molecular flexibility index (Phi) is 5.31. The zero-order valence-corrected chi connectivity index (χ0v) is 10.9. The zero-order chi connectivity index (χ0) is 13.8. The zero-order valence-electron chi connectivity index (χ0n) is 9.23. The molecule has 0 bridgehead atoms. The summed E-state index contributed by atoms with van der Waals surface area (Å²) in [7, 11) is -4.56. The first-order valence-corrected chi connectivity index (χ1v) is 7.14. The smallest absolute Gasteiger partial charge is 0.357 e. The second kappa shape index (κ2) is 6.31. The van der Waals surface area contributed by atoms with E-state index in [2.05, 4.69) is 5.32 Å². The fourth-order valence-electron chi connectivity index (χ4n) is 1.33. The predicted molar refractivity (Wildman–Crippen MR) is 66.4 cm³/mol. The number of alkyl halides is 1. The highest BCUT2D eigenvalue weighted by atomic mass is 35.5. The van der Waals surface area contributed by atoms with E-state index in [0.29, 0.717) is 0 Å². The van der Waals surface area contributed by atoms with Crippen LogP contribution in [0, 0.1) is 0 Å². The monoisotopic (exact) mass is 293 g/mol. The largest absolute Gasteiger partial charge is 0.480 e. The Morgan fingerprint density at radius 1 is 1.33 bits per heavy atom. The van der Waals surface area contributed by atoms with Gasteiger partial charge in [-0.3, -0.25) is 14.7 Å². The number of hydrogen-bond acceptors (Lipinski definition) is 3. The summed E-state index contributed by atoms with van der Waals surface area (Å²) in [6.45, 7) is 0.